The van der Waals surface area contributed by atoms with Gasteiger partial charge in [-0.25, -0.2) is 0 Å². The Morgan fingerprint density at radius 3 is 2.93 bits per heavy atom. The molecule has 0 spiro atoms. The van der Waals surface area contributed by atoms with Crippen LogP contribution in [0.3, 0.4) is 0 Å². The highest BCUT2D eigenvalue weighted by atomic mass is 35.5. The zero-order valence-corrected chi connectivity index (χ0v) is 9.21. The summed E-state index contributed by atoms with van der Waals surface area (Å²) < 4.78 is 1.54. The van der Waals surface area contributed by atoms with Gasteiger partial charge in [-0.2, -0.15) is 0 Å². The van der Waals surface area contributed by atoms with Crippen LogP contribution in [0.2, 0.25) is 0 Å². The second-order valence-electron chi connectivity index (χ2n) is 3.36. The van der Waals surface area contributed by atoms with Crippen LogP contribution in [0.25, 0.3) is 0 Å². The SMILES string of the molecule is CC(Cl)CCNc1ccn(C)c(=O)c1. The summed E-state index contributed by atoms with van der Waals surface area (Å²) in [7, 11) is 1.73. The van der Waals surface area contributed by atoms with E-state index in [9.17, 15) is 4.79 Å². The fourth-order valence-corrected chi connectivity index (χ4v) is 1.18. The van der Waals surface area contributed by atoms with E-state index in [-0.39, 0.29) is 10.9 Å². The van der Waals surface area contributed by atoms with Crippen LogP contribution in [-0.4, -0.2) is 16.5 Å². The average Bonchev–Trinajstić information content (AvgIpc) is 2.10. The van der Waals surface area contributed by atoms with Crippen LogP contribution < -0.4 is 10.9 Å². The van der Waals surface area contributed by atoms with E-state index in [0.29, 0.717) is 0 Å². The Morgan fingerprint density at radius 1 is 1.64 bits per heavy atom. The molecule has 1 aromatic rings. The quantitative estimate of drug-likeness (QED) is 0.776. The third kappa shape index (κ3) is 3.42. The van der Waals surface area contributed by atoms with Crippen LogP contribution in [0, 0.1) is 0 Å². The van der Waals surface area contributed by atoms with E-state index in [2.05, 4.69) is 5.32 Å². The number of hydrogen-bond donors (Lipinski definition) is 1. The fourth-order valence-electron chi connectivity index (χ4n) is 1.07. The van der Waals surface area contributed by atoms with Crippen LogP contribution in [0.15, 0.2) is 23.1 Å². The predicted molar refractivity (Wildman–Crippen MR) is 60.1 cm³/mol. The first-order valence-corrected chi connectivity index (χ1v) is 5.08. The van der Waals surface area contributed by atoms with Gasteiger partial charge in [0.25, 0.3) is 5.56 Å². The average molecular weight is 215 g/mol. The van der Waals surface area contributed by atoms with Gasteiger partial charge >= 0.3 is 0 Å². The fraction of sp³-hybridized carbons (Fsp3) is 0.500. The number of halogens is 1. The summed E-state index contributed by atoms with van der Waals surface area (Å²) in [6.45, 7) is 2.74. The molecule has 1 unspecified atom stereocenters. The maximum atomic E-state index is 11.2. The van der Waals surface area contributed by atoms with Crippen molar-refractivity contribution in [2.75, 3.05) is 11.9 Å². The number of alkyl halides is 1. The molecule has 3 nitrogen and oxygen atoms in total. The smallest absolute Gasteiger partial charge is 0.252 e. The summed E-state index contributed by atoms with van der Waals surface area (Å²) in [6.07, 6.45) is 2.63. The Hall–Kier alpha value is -0.960. The third-order valence-corrected chi connectivity index (χ3v) is 2.19. The Bertz CT molecular complexity index is 346. The molecule has 0 radical (unpaired) electrons. The number of nitrogens with one attached hydrogen (secondary N) is 1. The molecule has 0 saturated heterocycles. The molecule has 0 aliphatic heterocycles. The second-order valence-corrected chi connectivity index (χ2v) is 4.11. The van der Waals surface area contributed by atoms with E-state index in [0.717, 1.165) is 18.7 Å². The van der Waals surface area contributed by atoms with Gasteiger partial charge in [0.1, 0.15) is 0 Å². The number of nitrogens with zero attached hydrogens (tertiary/aromatic N) is 1. The van der Waals surface area contributed by atoms with Gasteiger partial charge in [0.05, 0.1) is 0 Å². The Balaban J connectivity index is 2.52. The zero-order chi connectivity index (χ0) is 10.6. The van der Waals surface area contributed by atoms with E-state index < -0.39 is 0 Å². The summed E-state index contributed by atoms with van der Waals surface area (Å²) in [5.41, 5.74) is 0.847. The number of aryl methyl sites for hydroxylation is 1. The van der Waals surface area contributed by atoms with Crippen LogP contribution in [0.1, 0.15) is 13.3 Å². The minimum Gasteiger partial charge on any atom is -0.385 e. The molecule has 1 rings (SSSR count). The number of pyridine rings is 1. The second kappa shape index (κ2) is 5.05. The molecule has 1 heterocycles. The van der Waals surface area contributed by atoms with Crippen molar-refractivity contribution in [2.45, 2.75) is 18.7 Å². The van der Waals surface area contributed by atoms with E-state index in [4.69, 9.17) is 11.6 Å². The van der Waals surface area contributed by atoms with Crippen molar-refractivity contribution < 1.29 is 0 Å². The third-order valence-electron chi connectivity index (χ3n) is 1.98. The van der Waals surface area contributed by atoms with Gasteiger partial charge in [-0.15, -0.1) is 11.6 Å². The van der Waals surface area contributed by atoms with Crippen LogP contribution in [0.4, 0.5) is 5.69 Å². The highest BCUT2D eigenvalue weighted by molar-refractivity contribution is 6.20. The normalized spacial score (nSPS) is 12.5. The van der Waals surface area contributed by atoms with E-state index in [1.54, 1.807) is 19.3 Å². The molecule has 0 aliphatic rings. The molecule has 0 fully saturated rings. The molecule has 14 heavy (non-hydrogen) atoms. The molecule has 1 aromatic heterocycles. The maximum absolute atomic E-state index is 11.2. The van der Waals surface area contributed by atoms with Crippen molar-refractivity contribution in [1.29, 1.82) is 0 Å². The lowest BCUT2D eigenvalue weighted by Crippen LogP contribution is -2.16. The lowest BCUT2D eigenvalue weighted by molar-refractivity contribution is 0.835. The molecule has 0 bridgehead atoms. The Morgan fingerprint density at radius 2 is 2.36 bits per heavy atom. The van der Waals surface area contributed by atoms with Crippen molar-refractivity contribution in [1.82, 2.24) is 4.57 Å². The molecule has 1 atom stereocenters. The van der Waals surface area contributed by atoms with E-state index in [1.165, 1.54) is 4.57 Å². The summed E-state index contributed by atoms with van der Waals surface area (Å²) in [6, 6.07) is 3.46. The molecule has 4 heteroatoms. The van der Waals surface area contributed by atoms with Crippen molar-refractivity contribution in [3.8, 4) is 0 Å². The van der Waals surface area contributed by atoms with Gasteiger partial charge in [-0.1, -0.05) is 0 Å². The monoisotopic (exact) mass is 214 g/mol. The molecule has 78 valence electrons. The van der Waals surface area contributed by atoms with Gasteiger partial charge in [0, 0.05) is 36.9 Å². The number of hydrogen-bond acceptors (Lipinski definition) is 2. The summed E-state index contributed by atoms with van der Waals surface area (Å²) in [4.78, 5) is 11.2. The Labute approximate surface area is 88.7 Å². The number of anilines is 1. The summed E-state index contributed by atoms with van der Waals surface area (Å²) in [5.74, 6) is 0. The van der Waals surface area contributed by atoms with Crippen LogP contribution in [0.5, 0.6) is 0 Å². The Kier molecular flexibility index (Phi) is 4.01. The summed E-state index contributed by atoms with van der Waals surface area (Å²) >= 11 is 5.79. The van der Waals surface area contributed by atoms with E-state index >= 15 is 0 Å². The van der Waals surface area contributed by atoms with Crippen LogP contribution in [-0.2, 0) is 7.05 Å². The van der Waals surface area contributed by atoms with Crippen molar-refractivity contribution in [3.05, 3.63) is 28.7 Å². The lowest BCUT2D eigenvalue weighted by atomic mass is 10.3. The minimum absolute atomic E-state index is 0.00563. The molecule has 0 aromatic carbocycles. The topological polar surface area (TPSA) is 34.0 Å². The van der Waals surface area contributed by atoms with Gasteiger partial charge in [-0.3, -0.25) is 4.79 Å². The van der Waals surface area contributed by atoms with Crippen molar-refractivity contribution in [3.63, 3.8) is 0 Å². The lowest BCUT2D eigenvalue weighted by Gasteiger charge is -2.07. The standard InChI is InChI=1S/C10H15ClN2O/c1-8(11)3-5-12-9-4-6-13(2)10(14)7-9/h4,6-8,12H,3,5H2,1-2H3. The van der Waals surface area contributed by atoms with Crippen molar-refractivity contribution >= 4 is 17.3 Å². The molecular weight excluding hydrogens is 200 g/mol. The summed E-state index contributed by atoms with van der Waals surface area (Å²) in [5, 5.41) is 3.31. The highest BCUT2D eigenvalue weighted by Gasteiger charge is 1.97. The highest BCUT2D eigenvalue weighted by Crippen LogP contribution is 2.04. The largest absolute Gasteiger partial charge is 0.385 e. The van der Waals surface area contributed by atoms with Gasteiger partial charge in [0.2, 0.25) is 0 Å². The molecule has 0 saturated carbocycles. The predicted octanol–water partition coefficient (Wildman–Crippen LogP) is 1.81. The van der Waals surface area contributed by atoms with Gasteiger partial charge < -0.3 is 9.88 Å². The molecule has 0 amide bonds. The zero-order valence-electron chi connectivity index (χ0n) is 8.46. The van der Waals surface area contributed by atoms with Gasteiger partial charge in [0.15, 0.2) is 0 Å². The number of aromatic nitrogens is 1. The number of rotatable bonds is 4. The van der Waals surface area contributed by atoms with Crippen LogP contribution >= 0.6 is 11.6 Å². The molecular formula is C10H15ClN2O. The molecule has 0 aliphatic carbocycles. The van der Waals surface area contributed by atoms with E-state index in [1.807, 2.05) is 13.0 Å². The van der Waals surface area contributed by atoms with Gasteiger partial charge in [-0.05, 0) is 19.4 Å². The first-order chi connectivity index (χ1) is 6.59. The maximum Gasteiger partial charge on any atom is 0.252 e. The molecule has 1 N–H and O–H groups in total. The first kappa shape index (κ1) is 11.1. The first-order valence-electron chi connectivity index (χ1n) is 4.64. The van der Waals surface area contributed by atoms with Crippen molar-refractivity contribution in [2.24, 2.45) is 7.05 Å². The minimum atomic E-state index is -0.00563.